The van der Waals surface area contributed by atoms with E-state index >= 15 is 0 Å². The van der Waals surface area contributed by atoms with Gasteiger partial charge in [-0.2, -0.15) is 5.10 Å². The van der Waals surface area contributed by atoms with Gasteiger partial charge in [0.25, 0.3) is 5.91 Å². The predicted octanol–water partition coefficient (Wildman–Crippen LogP) is 1.72. The topological polar surface area (TPSA) is 113 Å². The van der Waals surface area contributed by atoms with Crippen molar-refractivity contribution in [3.63, 3.8) is 0 Å². The molecule has 132 valence electrons. The van der Waals surface area contributed by atoms with Crippen molar-refractivity contribution < 1.29 is 19.1 Å². The van der Waals surface area contributed by atoms with Crippen LogP contribution in [0.5, 0.6) is 0 Å². The Bertz CT molecular complexity index is 963. The van der Waals surface area contributed by atoms with Crippen LogP contribution in [0.1, 0.15) is 20.8 Å². The summed E-state index contributed by atoms with van der Waals surface area (Å²) in [6, 6.07) is 13.5. The number of aromatic nitrogens is 2. The van der Waals surface area contributed by atoms with E-state index in [4.69, 9.17) is 0 Å². The van der Waals surface area contributed by atoms with Crippen LogP contribution in [0.4, 0.5) is 5.69 Å². The molecule has 8 nitrogen and oxygen atoms in total. The van der Waals surface area contributed by atoms with Crippen molar-refractivity contribution in [1.29, 1.82) is 0 Å². The van der Waals surface area contributed by atoms with Gasteiger partial charge in [0.05, 0.1) is 24.7 Å². The van der Waals surface area contributed by atoms with Gasteiger partial charge in [-0.3, -0.25) is 14.7 Å². The molecular weight excluding hydrogens is 336 g/mol. The summed E-state index contributed by atoms with van der Waals surface area (Å²) in [4.78, 5) is 35.5. The Morgan fingerprint density at radius 1 is 1.08 bits per heavy atom. The Hall–Kier alpha value is -3.68. The van der Waals surface area contributed by atoms with Crippen molar-refractivity contribution in [3.8, 4) is 0 Å². The maximum atomic E-state index is 12.2. The van der Waals surface area contributed by atoms with Gasteiger partial charge >= 0.3 is 5.97 Å². The highest BCUT2D eigenvalue weighted by molar-refractivity contribution is 6.06. The molecule has 1 aromatic heterocycles. The number of fused-ring (bicyclic) bond motifs is 1. The zero-order chi connectivity index (χ0) is 18.5. The number of nitrogens with zero attached hydrogens (tertiary/aromatic N) is 1. The van der Waals surface area contributed by atoms with E-state index in [9.17, 15) is 14.4 Å². The first kappa shape index (κ1) is 17.2. The molecule has 0 unspecified atom stereocenters. The minimum Gasteiger partial charge on any atom is -0.465 e. The minimum absolute atomic E-state index is 0.210. The summed E-state index contributed by atoms with van der Waals surface area (Å²) in [5.74, 6) is -1.30. The summed E-state index contributed by atoms with van der Waals surface area (Å²) in [5, 5.41) is 12.6. The second-order valence-corrected chi connectivity index (χ2v) is 5.42. The first-order valence-electron chi connectivity index (χ1n) is 7.78. The van der Waals surface area contributed by atoms with E-state index < -0.39 is 17.8 Å². The first-order chi connectivity index (χ1) is 12.6. The van der Waals surface area contributed by atoms with Gasteiger partial charge in [0.1, 0.15) is 0 Å². The van der Waals surface area contributed by atoms with Crippen molar-refractivity contribution in [3.05, 3.63) is 59.8 Å². The number of nitrogens with one attached hydrogen (secondary N) is 3. The van der Waals surface area contributed by atoms with Gasteiger partial charge < -0.3 is 15.4 Å². The Kier molecular flexibility index (Phi) is 4.93. The van der Waals surface area contributed by atoms with E-state index in [1.54, 1.807) is 24.3 Å². The average molecular weight is 352 g/mol. The number of hydrogen-bond acceptors (Lipinski definition) is 5. The maximum Gasteiger partial charge on any atom is 0.337 e. The minimum atomic E-state index is -0.457. The van der Waals surface area contributed by atoms with Gasteiger partial charge in [0, 0.05) is 11.1 Å². The Morgan fingerprint density at radius 3 is 2.54 bits per heavy atom. The van der Waals surface area contributed by atoms with Gasteiger partial charge in [0.15, 0.2) is 5.69 Å². The summed E-state index contributed by atoms with van der Waals surface area (Å²) >= 11 is 0. The number of anilines is 1. The molecule has 0 fully saturated rings. The largest absolute Gasteiger partial charge is 0.465 e. The molecule has 3 N–H and O–H groups in total. The second kappa shape index (κ2) is 7.47. The van der Waals surface area contributed by atoms with E-state index in [0.29, 0.717) is 16.6 Å². The highest BCUT2D eigenvalue weighted by atomic mass is 16.5. The quantitative estimate of drug-likeness (QED) is 0.605. The molecule has 0 saturated carbocycles. The molecule has 0 saturated heterocycles. The number of methoxy groups -OCH3 is 1. The van der Waals surface area contributed by atoms with Gasteiger partial charge in [-0.25, -0.2) is 4.79 Å². The van der Waals surface area contributed by atoms with Crippen molar-refractivity contribution in [1.82, 2.24) is 15.5 Å². The number of para-hydroxylation sites is 1. The molecule has 0 aliphatic rings. The number of aromatic amines is 1. The molecule has 0 spiro atoms. The van der Waals surface area contributed by atoms with Crippen LogP contribution in [0, 0.1) is 0 Å². The predicted molar refractivity (Wildman–Crippen MR) is 94.8 cm³/mol. The van der Waals surface area contributed by atoms with E-state index in [1.165, 1.54) is 19.2 Å². The summed E-state index contributed by atoms with van der Waals surface area (Å²) in [6.07, 6.45) is 0. The number of amides is 2. The van der Waals surface area contributed by atoms with Crippen LogP contribution in [-0.4, -0.2) is 41.6 Å². The molecule has 3 aromatic rings. The molecule has 0 aliphatic heterocycles. The summed E-state index contributed by atoms with van der Waals surface area (Å²) in [5.41, 5.74) is 1.86. The number of ether oxygens (including phenoxy) is 1. The number of hydrogen-bond donors (Lipinski definition) is 3. The fourth-order valence-electron chi connectivity index (χ4n) is 2.39. The maximum absolute atomic E-state index is 12.2. The summed E-state index contributed by atoms with van der Waals surface area (Å²) in [7, 11) is 1.29. The first-order valence-corrected chi connectivity index (χ1v) is 7.78. The summed E-state index contributed by atoms with van der Waals surface area (Å²) < 4.78 is 4.61. The van der Waals surface area contributed by atoms with Crippen LogP contribution < -0.4 is 10.6 Å². The zero-order valence-corrected chi connectivity index (χ0v) is 13.9. The molecule has 0 atom stereocenters. The normalized spacial score (nSPS) is 10.3. The second-order valence-electron chi connectivity index (χ2n) is 5.42. The zero-order valence-electron chi connectivity index (χ0n) is 13.9. The highest BCUT2D eigenvalue weighted by Crippen LogP contribution is 2.14. The van der Waals surface area contributed by atoms with Crippen LogP contribution in [0.2, 0.25) is 0 Å². The molecule has 1 heterocycles. The highest BCUT2D eigenvalue weighted by Gasteiger charge is 2.14. The third kappa shape index (κ3) is 3.69. The van der Waals surface area contributed by atoms with E-state index in [1.807, 2.05) is 12.1 Å². The molecular formula is C18H16N4O4. The van der Waals surface area contributed by atoms with Crippen molar-refractivity contribution >= 4 is 34.4 Å². The fourth-order valence-corrected chi connectivity index (χ4v) is 2.39. The molecule has 8 heteroatoms. The Labute approximate surface area is 148 Å². The number of carbonyl (C=O) groups is 3. The number of esters is 1. The molecule has 3 rings (SSSR count). The van der Waals surface area contributed by atoms with E-state index in [-0.39, 0.29) is 12.2 Å². The van der Waals surface area contributed by atoms with Crippen LogP contribution >= 0.6 is 0 Å². The average Bonchev–Trinajstić information content (AvgIpc) is 3.10. The molecule has 2 amide bonds. The lowest BCUT2D eigenvalue weighted by Crippen LogP contribution is -2.33. The van der Waals surface area contributed by atoms with E-state index in [0.717, 1.165) is 5.52 Å². The summed E-state index contributed by atoms with van der Waals surface area (Å²) in [6.45, 7) is -0.210. The van der Waals surface area contributed by atoms with Crippen LogP contribution in [0.3, 0.4) is 0 Å². The fraction of sp³-hybridized carbons (Fsp3) is 0.111. The lowest BCUT2D eigenvalue weighted by Gasteiger charge is -2.07. The van der Waals surface area contributed by atoms with Crippen LogP contribution in [0.15, 0.2) is 48.5 Å². The van der Waals surface area contributed by atoms with E-state index in [2.05, 4.69) is 25.6 Å². The lowest BCUT2D eigenvalue weighted by molar-refractivity contribution is -0.115. The standard InChI is InChI=1S/C18H16N4O4/c1-26-18(25)11-6-8-12(9-7-11)20-15(23)10-19-17(24)16-13-4-2-3-5-14(13)21-22-16/h2-9H,10H2,1H3,(H,19,24)(H,20,23)(H,21,22). The van der Waals surface area contributed by atoms with Crippen molar-refractivity contribution in [2.75, 3.05) is 19.0 Å². The van der Waals surface area contributed by atoms with Gasteiger partial charge in [-0.1, -0.05) is 18.2 Å². The number of carbonyl (C=O) groups excluding carboxylic acids is 3. The molecule has 2 aromatic carbocycles. The number of H-pyrrole nitrogens is 1. The number of rotatable bonds is 5. The van der Waals surface area contributed by atoms with Crippen LogP contribution in [0.25, 0.3) is 10.9 Å². The SMILES string of the molecule is COC(=O)c1ccc(NC(=O)CNC(=O)c2n[nH]c3ccccc23)cc1. The molecule has 0 radical (unpaired) electrons. The van der Waals surface area contributed by atoms with Gasteiger partial charge in [-0.15, -0.1) is 0 Å². The Morgan fingerprint density at radius 2 is 1.81 bits per heavy atom. The third-order valence-corrected chi connectivity index (χ3v) is 3.68. The van der Waals surface area contributed by atoms with Crippen LogP contribution in [-0.2, 0) is 9.53 Å². The van der Waals surface area contributed by atoms with Gasteiger partial charge in [0.2, 0.25) is 5.91 Å². The third-order valence-electron chi connectivity index (χ3n) is 3.68. The van der Waals surface area contributed by atoms with Crippen molar-refractivity contribution in [2.45, 2.75) is 0 Å². The Balaban J connectivity index is 1.57. The lowest BCUT2D eigenvalue weighted by atomic mass is 10.2. The van der Waals surface area contributed by atoms with Crippen molar-refractivity contribution in [2.24, 2.45) is 0 Å². The monoisotopic (exact) mass is 352 g/mol. The smallest absolute Gasteiger partial charge is 0.337 e. The number of benzene rings is 2. The molecule has 0 aliphatic carbocycles. The molecule has 26 heavy (non-hydrogen) atoms. The molecule has 0 bridgehead atoms. The van der Waals surface area contributed by atoms with Gasteiger partial charge in [-0.05, 0) is 30.3 Å².